The molecular weight excluding hydrogens is 340 g/mol. The Morgan fingerprint density at radius 2 is 2.07 bits per heavy atom. The predicted molar refractivity (Wildman–Crippen MR) is 103 cm³/mol. The van der Waals surface area contributed by atoms with Crippen molar-refractivity contribution in [2.45, 2.75) is 12.8 Å². The third-order valence-electron chi connectivity index (χ3n) is 4.24. The summed E-state index contributed by atoms with van der Waals surface area (Å²) < 4.78 is 1.76. The van der Waals surface area contributed by atoms with Gasteiger partial charge in [-0.2, -0.15) is 5.10 Å². The molecule has 0 atom stereocenters. The first kappa shape index (κ1) is 16.8. The summed E-state index contributed by atoms with van der Waals surface area (Å²) in [5.41, 5.74) is 3.82. The van der Waals surface area contributed by atoms with Crippen molar-refractivity contribution in [3.8, 4) is 11.1 Å². The summed E-state index contributed by atoms with van der Waals surface area (Å²) in [6.45, 7) is 0. The third kappa shape index (κ3) is 3.98. The SMILES string of the molecule is Cn1cc(-c2ccc3cnc(NC(=O)CCc4cccnc4)nc3c2)cn1. The summed E-state index contributed by atoms with van der Waals surface area (Å²) in [5.74, 6) is 0.184. The van der Waals surface area contributed by atoms with Crippen LogP contribution >= 0.6 is 0 Å². The van der Waals surface area contributed by atoms with Gasteiger partial charge >= 0.3 is 0 Å². The zero-order chi connectivity index (χ0) is 18.6. The van der Waals surface area contributed by atoms with E-state index in [0.717, 1.165) is 27.6 Å². The maximum Gasteiger partial charge on any atom is 0.229 e. The Morgan fingerprint density at radius 3 is 2.85 bits per heavy atom. The molecule has 1 N–H and O–H groups in total. The van der Waals surface area contributed by atoms with Crippen molar-refractivity contribution in [1.29, 1.82) is 0 Å². The number of rotatable bonds is 5. The summed E-state index contributed by atoms with van der Waals surface area (Å²) >= 11 is 0. The maximum absolute atomic E-state index is 12.2. The van der Waals surface area contributed by atoms with Crippen LogP contribution in [0.15, 0.2) is 61.3 Å². The summed E-state index contributed by atoms with van der Waals surface area (Å²) in [7, 11) is 1.88. The highest BCUT2D eigenvalue weighted by atomic mass is 16.1. The Balaban J connectivity index is 1.49. The van der Waals surface area contributed by atoms with E-state index in [1.54, 1.807) is 23.3 Å². The molecule has 0 saturated carbocycles. The Labute approximate surface area is 156 Å². The molecule has 0 aliphatic carbocycles. The molecule has 4 rings (SSSR count). The predicted octanol–water partition coefficient (Wildman–Crippen LogP) is 3.00. The van der Waals surface area contributed by atoms with Gasteiger partial charge in [-0.1, -0.05) is 18.2 Å². The summed E-state index contributed by atoms with van der Waals surface area (Å²) in [6, 6.07) is 9.76. The highest BCUT2D eigenvalue weighted by Crippen LogP contribution is 2.23. The van der Waals surface area contributed by atoms with Crippen molar-refractivity contribution >= 4 is 22.8 Å². The number of benzene rings is 1. The first-order chi connectivity index (χ1) is 13.2. The molecule has 0 aliphatic heterocycles. The van der Waals surface area contributed by atoms with Gasteiger partial charge in [0.15, 0.2) is 0 Å². The number of nitrogens with one attached hydrogen (secondary N) is 1. The number of fused-ring (bicyclic) bond motifs is 1. The highest BCUT2D eigenvalue weighted by molar-refractivity contribution is 5.91. The highest BCUT2D eigenvalue weighted by Gasteiger charge is 2.08. The molecule has 134 valence electrons. The van der Waals surface area contributed by atoms with E-state index in [0.29, 0.717) is 18.8 Å². The van der Waals surface area contributed by atoms with Crippen molar-refractivity contribution in [3.63, 3.8) is 0 Å². The molecule has 0 saturated heterocycles. The number of hydrogen-bond donors (Lipinski definition) is 1. The van der Waals surface area contributed by atoms with Crippen LogP contribution < -0.4 is 5.32 Å². The second kappa shape index (κ2) is 7.33. The van der Waals surface area contributed by atoms with E-state index in [1.807, 2.05) is 49.8 Å². The molecule has 0 radical (unpaired) electrons. The second-order valence-electron chi connectivity index (χ2n) is 6.28. The zero-order valence-corrected chi connectivity index (χ0v) is 14.8. The quantitative estimate of drug-likeness (QED) is 0.593. The van der Waals surface area contributed by atoms with Crippen molar-refractivity contribution in [2.24, 2.45) is 7.05 Å². The van der Waals surface area contributed by atoms with E-state index >= 15 is 0 Å². The minimum Gasteiger partial charge on any atom is -0.295 e. The smallest absolute Gasteiger partial charge is 0.229 e. The molecule has 7 heteroatoms. The van der Waals surface area contributed by atoms with Crippen molar-refractivity contribution in [3.05, 3.63) is 66.9 Å². The molecule has 1 aromatic carbocycles. The molecule has 27 heavy (non-hydrogen) atoms. The number of amides is 1. The van der Waals surface area contributed by atoms with Crippen LogP contribution in [0, 0.1) is 0 Å². The van der Waals surface area contributed by atoms with E-state index in [9.17, 15) is 4.79 Å². The first-order valence-electron chi connectivity index (χ1n) is 8.62. The number of carbonyl (C=O) groups excluding carboxylic acids is 1. The summed E-state index contributed by atoms with van der Waals surface area (Å²) in [6.07, 6.45) is 9.92. The monoisotopic (exact) mass is 358 g/mol. The van der Waals surface area contributed by atoms with E-state index in [1.165, 1.54) is 0 Å². The zero-order valence-electron chi connectivity index (χ0n) is 14.8. The molecule has 1 amide bonds. The Morgan fingerprint density at radius 1 is 1.15 bits per heavy atom. The lowest BCUT2D eigenvalue weighted by Gasteiger charge is -2.06. The molecule has 0 unspecified atom stereocenters. The van der Waals surface area contributed by atoms with Crippen LogP contribution in [0.3, 0.4) is 0 Å². The van der Waals surface area contributed by atoms with Gasteiger partial charge in [0.25, 0.3) is 0 Å². The van der Waals surface area contributed by atoms with Crippen molar-refractivity contribution < 1.29 is 4.79 Å². The van der Waals surface area contributed by atoms with Crippen LogP contribution in [0.1, 0.15) is 12.0 Å². The van der Waals surface area contributed by atoms with Crippen LogP contribution in [0.5, 0.6) is 0 Å². The largest absolute Gasteiger partial charge is 0.295 e. The third-order valence-corrected chi connectivity index (χ3v) is 4.24. The van der Waals surface area contributed by atoms with Gasteiger partial charge in [-0.3, -0.25) is 19.8 Å². The van der Waals surface area contributed by atoms with Gasteiger partial charge in [-0.05, 0) is 29.7 Å². The molecule has 0 fully saturated rings. The lowest BCUT2D eigenvalue weighted by Crippen LogP contribution is -2.14. The average molecular weight is 358 g/mol. The van der Waals surface area contributed by atoms with Gasteiger partial charge in [-0.15, -0.1) is 0 Å². The van der Waals surface area contributed by atoms with E-state index in [2.05, 4.69) is 25.4 Å². The fourth-order valence-corrected chi connectivity index (χ4v) is 2.82. The maximum atomic E-state index is 12.2. The Bertz CT molecular complexity index is 1090. The Kier molecular flexibility index (Phi) is 4.57. The van der Waals surface area contributed by atoms with Gasteiger partial charge in [0.05, 0.1) is 11.7 Å². The minimum absolute atomic E-state index is 0.124. The Hall–Kier alpha value is -3.61. The van der Waals surface area contributed by atoms with Crippen LogP contribution in [-0.2, 0) is 18.3 Å². The molecule has 0 bridgehead atoms. The van der Waals surface area contributed by atoms with Gasteiger partial charge in [-0.25, -0.2) is 9.97 Å². The van der Waals surface area contributed by atoms with Crippen LogP contribution in [0.2, 0.25) is 0 Å². The molecule has 3 aromatic heterocycles. The molecule has 0 spiro atoms. The molecular formula is C20H18N6O. The van der Waals surface area contributed by atoms with Crippen LogP contribution in [-0.4, -0.2) is 30.6 Å². The number of aromatic nitrogens is 5. The summed E-state index contributed by atoms with van der Waals surface area (Å²) in [4.78, 5) is 25.0. The van der Waals surface area contributed by atoms with E-state index in [4.69, 9.17) is 0 Å². The molecule has 7 nitrogen and oxygen atoms in total. The minimum atomic E-state index is -0.124. The van der Waals surface area contributed by atoms with Crippen molar-refractivity contribution in [2.75, 3.05) is 5.32 Å². The normalized spacial score (nSPS) is 10.9. The number of aryl methyl sites for hydroxylation is 2. The fourth-order valence-electron chi connectivity index (χ4n) is 2.82. The number of nitrogens with zero attached hydrogens (tertiary/aromatic N) is 5. The number of hydrogen-bond acceptors (Lipinski definition) is 5. The van der Waals surface area contributed by atoms with E-state index < -0.39 is 0 Å². The van der Waals surface area contributed by atoms with Gasteiger partial charge in [0.2, 0.25) is 11.9 Å². The van der Waals surface area contributed by atoms with Crippen molar-refractivity contribution in [1.82, 2.24) is 24.7 Å². The topological polar surface area (TPSA) is 85.6 Å². The lowest BCUT2D eigenvalue weighted by molar-refractivity contribution is -0.116. The standard InChI is InChI=1S/C20H18N6O/c1-26-13-17(12-23-26)15-5-6-16-11-22-20(24-18(16)9-15)25-19(27)7-4-14-3-2-8-21-10-14/h2-3,5-6,8-13H,4,7H2,1H3,(H,22,24,25,27). The van der Waals surface area contributed by atoms with Gasteiger partial charge in [0.1, 0.15) is 0 Å². The number of pyridine rings is 1. The molecule has 0 aliphatic rings. The van der Waals surface area contributed by atoms with Gasteiger partial charge in [0, 0.05) is 49.2 Å². The fraction of sp³-hybridized carbons (Fsp3) is 0.150. The van der Waals surface area contributed by atoms with Gasteiger partial charge < -0.3 is 0 Å². The van der Waals surface area contributed by atoms with Crippen LogP contribution in [0.25, 0.3) is 22.0 Å². The molecule has 4 aromatic rings. The molecule has 3 heterocycles. The second-order valence-corrected chi connectivity index (χ2v) is 6.28. The lowest BCUT2D eigenvalue weighted by atomic mass is 10.1. The van der Waals surface area contributed by atoms with E-state index in [-0.39, 0.29) is 5.91 Å². The number of anilines is 1. The number of carbonyl (C=O) groups is 1. The summed E-state index contributed by atoms with van der Waals surface area (Å²) in [5, 5.41) is 7.88. The van der Waals surface area contributed by atoms with Crippen LogP contribution in [0.4, 0.5) is 5.95 Å². The average Bonchev–Trinajstić information content (AvgIpc) is 3.13. The first-order valence-corrected chi connectivity index (χ1v) is 8.62.